The number of hydrogen-bond donors (Lipinski definition) is 1. The van der Waals surface area contributed by atoms with E-state index in [-0.39, 0.29) is 6.04 Å². The number of aryl methyl sites for hydroxylation is 1. The van der Waals surface area contributed by atoms with Crippen molar-refractivity contribution in [2.45, 2.75) is 19.4 Å². The molecule has 1 aromatic carbocycles. The maximum Gasteiger partial charge on any atom is 0.0386 e. The minimum absolute atomic E-state index is 0.181. The topological polar surface area (TPSA) is 26.0 Å². The highest BCUT2D eigenvalue weighted by Crippen LogP contribution is 2.15. The van der Waals surface area contributed by atoms with Gasteiger partial charge in [0.2, 0.25) is 0 Å². The van der Waals surface area contributed by atoms with Crippen molar-refractivity contribution >= 4 is 11.8 Å². The molecule has 1 nitrogen and oxygen atoms in total. The van der Waals surface area contributed by atoms with E-state index in [2.05, 4.69) is 37.4 Å². The Morgan fingerprint density at radius 3 is 2.38 bits per heavy atom. The van der Waals surface area contributed by atoms with E-state index < -0.39 is 0 Å². The molecule has 72 valence electrons. The molecule has 0 radical (unpaired) electrons. The van der Waals surface area contributed by atoms with Gasteiger partial charge in [-0.1, -0.05) is 31.2 Å². The largest absolute Gasteiger partial charge is 0.323 e. The highest BCUT2D eigenvalue weighted by Gasteiger charge is 2.03. The molecule has 0 aliphatic heterocycles. The summed E-state index contributed by atoms with van der Waals surface area (Å²) in [6.07, 6.45) is 3.18. The maximum absolute atomic E-state index is 5.98. The van der Waals surface area contributed by atoms with Crippen LogP contribution in [0.15, 0.2) is 24.3 Å². The van der Waals surface area contributed by atoms with Crippen molar-refractivity contribution in [2.75, 3.05) is 12.0 Å². The van der Waals surface area contributed by atoms with Gasteiger partial charge in [0.25, 0.3) is 0 Å². The first-order valence-electron chi connectivity index (χ1n) is 4.61. The summed E-state index contributed by atoms with van der Waals surface area (Å²) in [5.74, 6) is 0.992. The Kier molecular flexibility index (Phi) is 4.33. The maximum atomic E-state index is 5.98. The van der Waals surface area contributed by atoms with Gasteiger partial charge >= 0.3 is 0 Å². The summed E-state index contributed by atoms with van der Waals surface area (Å²) in [6.45, 7) is 2.16. The van der Waals surface area contributed by atoms with E-state index in [0.717, 1.165) is 12.2 Å². The molecule has 1 rings (SSSR count). The molecule has 1 aromatic rings. The third-order valence-corrected chi connectivity index (χ3v) is 2.85. The lowest BCUT2D eigenvalue weighted by Crippen LogP contribution is -2.12. The van der Waals surface area contributed by atoms with Crippen molar-refractivity contribution in [2.24, 2.45) is 5.73 Å². The molecule has 2 N–H and O–H groups in total. The molecular formula is C11H17NS. The number of nitrogens with two attached hydrogens (primary N) is 1. The molecule has 0 aliphatic rings. The van der Waals surface area contributed by atoms with Gasteiger partial charge in [-0.05, 0) is 23.8 Å². The molecule has 13 heavy (non-hydrogen) atoms. The molecule has 1 atom stereocenters. The van der Waals surface area contributed by atoms with Crippen LogP contribution >= 0.6 is 11.8 Å². The molecule has 0 saturated carbocycles. The standard InChI is InChI=1S/C11H17NS/c1-3-9-4-6-10(7-5-9)11(12)8-13-2/h4-7,11H,3,8,12H2,1-2H3. The monoisotopic (exact) mass is 195 g/mol. The van der Waals surface area contributed by atoms with Gasteiger partial charge < -0.3 is 5.73 Å². The summed E-state index contributed by atoms with van der Waals surface area (Å²) in [6, 6.07) is 8.78. The average Bonchev–Trinajstić information content (AvgIpc) is 2.18. The Morgan fingerprint density at radius 1 is 1.31 bits per heavy atom. The summed E-state index contributed by atoms with van der Waals surface area (Å²) in [5.41, 5.74) is 8.59. The number of thioether (sulfide) groups is 1. The van der Waals surface area contributed by atoms with E-state index in [9.17, 15) is 0 Å². The third kappa shape index (κ3) is 3.05. The SMILES string of the molecule is CCc1ccc(C(N)CSC)cc1. The van der Waals surface area contributed by atoms with Crippen LogP contribution in [0, 0.1) is 0 Å². The predicted octanol–water partition coefficient (Wildman–Crippen LogP) is 2.61. The molecule has 0 bridgehead atoms. The zero-order valence-electron chi connectivity index (χ0n) is 8.29. The van der Waals surface area contributed by atoms with E-state index in [0.29, 0.717) is 0 Å². The second-order valence-corrected chi connectivity index (χ2v) is 4.07. The molecular weight excluding hydrogens is 178 g/mol. The first-order valence-corrected chi connectivity index (χ1v) is 6.00. The van der Waals surface area contributed by atoms with Crippen molar-refractivity contribution in [3.05, 3.63) is 35.4 Å². The zero-order valence-corrected chi connectivity index (χ0v) is 9.10. The summed E-state index contributed by atoms with van der Waals surface area (Å²) in [4.78, 5) is 0. The average molecular weight is 195 g/mol. The minimum atomic E-state index is 0.181. The molecule has 1 unspecified atom stereocenters. The second-order valence-electron chi connectivity index (χ2n) is 3.16. The van der Waals surface area contributed by atoms with Crippen LogP contribution < -0.4 is 5.73 Å². The Balaban J connectivity index is 2.67. The molecule has 0 aliphatic carbocycles. The Labute approximate surface area is 84.7 Å². The van der Waals surface area contributed by atoms with Crippen molar-refractivity contribution in [3.8, 4) is 0 Å². The zero-order chi connectivity index (χ0) is 9.68. The Bertz CT molecular complexity index is 243. The van der Waals surface area contributed by atoms with Crippen LogP contribution in [0.3, 0.4) is 0 Å². The fourth-order valence-electron chi connectivity index (χ4n) is 1.28. The van der Waals surface area contributed by atoms with Crippen LogP contribution in [0.2, 0.25) is 0 Å². The van der Waals surface area contributed by atoms with Crippen molar-refractivity contribution < 1.29 is 0 Å². The van der Waals surface area contributed by atoms with Crippen LogP contribution in [0.4, 0.5) is 0 Å². The summed E-state index contributed by atoms with van der Waals surface area (Å²) in [5, 5.41) is 0. The van der Waals surface area contributed by atoms with E-state index >= 15 is 0 Å². The molecule has 0 spiro atoms. The van der Waals surface area contributed by atoms with Gasteiger partial charge in [-0.3, -0.25) is 0 Å². The van der Waals surface area contributed by atoms with E-state index in [4.69, 9.17) is 5.73 Å². The van der Waals surface area contributed by atoms with Gasteiger partial charge in [0.1, 0.15) is 0 Å². The first kappa shape index (κ1) is 10.6. The van der Waals surface area contributed by atoms with E-state index in [1.165, 1.54) is 11.1 Å². The lowest BCUT2D eigenvalue weighted by molar-refractivity contribution is 0.831. The molecule has 0 saturated heterocycles. The number of rotatable bonds is 4. The van der Waals surface area contributed by atoms with E-state index in [1.54, 1.807) is 11.8 Å². The Hall–Kier alpha value is -0.470. The van der Waals surface area contributed by atoms with Gasteiger partial charge in [-0.15, -0.1) is 0 Å². The van der Waals surface area contributed by atoms with Crippen LogP contribution in [0.1, 0.15) is 24.1 Å². The van der Waals surface area contributed by atoms with Crippen LogP contribution in [-0.4, -0.2) is 12.0 Å². The summed E-state index contributed by atoms with van der Waals surface area (Å²) >= 11 is 1.79. The van der Waals surface area contributed by atoms with Gasteiger partial charge in [-0.2, -0.15) is 11.8 Å². The molecule has 2 heteroatoms. The number of benzene rings is 1. The Morgan fingerprint density at radius 2 is 1.92 bits per heavy atom. The molecule has 0 aromatic heterocycles. The number of hydrogen-bond acceptors (Lipinski definition) is 2. The van der Waals surface area contributed by atoms with Gasteiger partial charge in [0, 0.05) is 11.8 Å². The van der Waals surface area contributed by atoms with Crippen molar-refractivity contribution in [1.82, 2.24) is 0 Å². The summed E-state index contributed by atoms with van der Waals surface area (Å²) < 4.78 is 0. The third-order valence-electron chi connectivity index (χ3n) is 2.16. The lowest BCUT2D eigenvalue weighted by atomic mass is 10.1. The first-order chi connectivity index (χ1) is 6.27. The van der Waals surface area contributed by atoms with Gasteiger partial charge in [-0.25, -0.2) is 0 Å². The van der Waals surface area contributed by atoms with Crippen molar-refractivity contribution in [3.63, 3.8) is 0 Å². The quantitative estimate of drug-likeness (QED) is 0.799. The smallest absolute Gasteiger partial charge is 0.0386 e. The highest BCUT2D eigenvalue weighted by molar-refractivity contribution is 7.98. The van der Waals surface area contributed by atoms with Crippen molar-refractivity contribution in [1.29, 1.82) is 0 Å². The summed E-state index contributed by atoms with van der Waals surface area (Å²) in [7, 11) is 0. The fraction of sp³-hybridized carbons (Fsp3) is 0.455. The molecule has 0 fully saturated rings. The fourth-order valence-corrected chi connectivity index (χ4v) is 1.83. The van der Waals surface area contributed by atoms with Crippen LogP contribution in [0.25, 0.3) is 0 Å². The normalized spacial score (nSPS) is 12.8. The van der Waals surface area contributed by atoms with E-state index in [1.807, 2.05) is 0 Å². The van der Waals surface area contributed by atoms with Gasteiger partial charge in [0.05, 0.1) is 0 Å². The predicted molar refractivity (Wildman–Crippen MR) is 61.1 cm³/mol. The lowest BCUT2D eigenvalue weighted by Gasteiger charge is -2.10. The van der Waals surface area contributed by atoms with Crippen LogP contribution in [-0.2, 0) is 6.42 Å². The van der Waals surface area contributed by atoms with Crippen LogP contribution in [0.5, 0.6) is 0 Å². The molecule has 0 heterocycles. The minimum Gasteiger partial charge on any atom is -0.323 e. The van der Waals surface area contributed by atoms with Gasteiger partial charge in [0.15, 0.2) is 0 Å². The highest BCUT2D eigenvalue weighted by atomic mass is 32.2. The second kappa shape index (κ2) is 5.30. The molecule has 0 amide bonds.